The van der Waals surface area contributed by atoms with Gasteiger partial charge in [-0.2, -0.15) is 0 Å². The minimum absolute atomic E-state index is 0.154. The monoisotopic (exact) mass is 353 g/mol. The third-order valence-corrected chi connectivity index (χ3v) is 3.95. The summed E-state index contributed by atoms with van der Waals surface area (Å²) in [4.78, 5) is 28.7. The Kier molecular flexibility index (Phi) is 4.88. The van der Waals surface area contributed by atoms with Gasteiger partial charge < -0.3 is 14.8 Å². The predicted molar refractivity (Wildman–Crippen MR) is 97.9 cm³/mol. The van der Waals surface area contributed by atoms with Crippen LogP contribution in [0.2, 0.25) is 0 Å². The highest BCUT2D eigenvalue weighted by atomic mass is 16.5. The summed E-state index contributed by atoms with van der Waals surface area (Å²) in [6, 6.07) is 10.2. The number of anilines is 1. The molecule has 0 aliphatic carbocycles. The van der Waals surface area contributed by atoms with Crippen LogP contribution in [0.1, 0.15) is 21.6 Å². The summed E-state index contributed by atoms with van der Waals surface area (Å²) < 4.78 is 11.5. The van der Waals surface area contributed by atoms with Crippen molar-refractivity contribution in [2.24, 2.45) is 0 Å². The lowest BCUT2D eigenvalue weighted by Crippen LogP contribution is -2.17. The number of aryl methyl sites for hydroxylation is 1. The zero-order valence-electron chi connectivity index (χ0n) is 14.8. The van der Waals surface area contributed by atoms with E-state index in [9.17, 15) is 9.59 Å². The van der Waals surface area contributed by atoms with Crippen molar-refractivity contribution in [3.8, 4) is 5.75 Å². The number of rotatable bonds is 5. The van der Waals surface area contributed by atoms with E-state index in [1.54, 1.807) is 30.5 Å². The van der Waals surface area contributed by atoms with Gasteiger partial charge in [-0.3, -0.25) is 9.20 Å². The summed E-state index contributed by atoms with van der Waals surface area (Å²) in [6.07, 6.45) is 1.75. The molecule has 2 aromatic heterocycles. The fraction of sp³-hybridized carbons (Fsp3) is 0.211. The molecule has 0 bridgehead atoms. The lowest BCUT2D eigenvalue weighted by molar-refractivity contribution is 0.0601. The molecule has 1 N–H and O–H groups in total. The van der Waals surface area contributed by atoms with Crippen LogP contribution >= 0.6 is 0 Å². The largest absolute Gasteiger partial charge is 0.497 e. The van der Waals surface area contributed by atoms with Gasteiger partial charge in [-0.25, -0.2) is 9.78 Å². The molecule has 26 heavy (non-hydrogen) atoms. The summed E-state index contributed by atoms with van der Waals surface area (Å²) in [7, 11) is 2.84. The number of hydrogen-bond acceptors (Lipinski definition) is 6. The molecule has 0 fully saturated rings. The van der Waals surface area contributed by atoms with Crippen LogP contribution in [0.3, 0.4) is 0 Å². The summed E-state index contributed by atoms with van der Waals surface area (Å²) in [5.41, 5.74) is 2.89. The van der Waals surface area contributed by atoms with E-state index in [1.807, 2.05) is 13.0 Å². The number of esters is 1. The first-order valence-corrected chi connectivity index (χ1v) is 8.01. The van der Waals surface area contributed by atoms with Crippen molar-refractivity contribution >= 4 is 17.3 Å². The second-order valence-electron chi connectivity index (χ2n) is 5.78. The number of carbonyl (C=O) groups excluding carboxylic acids is 1. The number of fused-ring (bicyclic) bond motifs is 1. The summed E-state index contributed by atoms with van der Waals surface area (Å²) >= 11 is 0. The van der Waals surface area contributed by atoms with Crippen LogP contribution in [-0.4, -0.2) is 29.6 Å². The molecule has 0 unspecified atom stereocenters. The van der Waals surface area contributed by atoms with E-state index >= 15 is 0 Å². The number of nitrogens with zero attached hydrogens (tertiary/aromatic N) is 2. The SMILES string of the molecule is COC(=O)c1cc(OC)ccc1NCc1cc(=O)n2cc(C)ccc2n1. The number of pyridine rings is 1. The van der Waals surface area contributed by atoms with Crippen molar-refractivity contribution in [3.63, 3.8) is 0 Å². The van der Waals surface area contributed by atoms with E-state index in [2.05, 4.69) is 10.3 Å². The highest BCUT2D eigenvalue weighted by Crippen LogP contribution is 2.23. The Bertz CT molecular complexity index is 1030. The molecule has 3 aromatic rings. The van der Waals surface area contributed by atoms with Gasteiger partial charge >= 0.3 is 5.97 Å². The Morgan fingerprint density at radius 2 is 2.00 bits per heavy atom. The van der Waals surface area contributed by atoms with Crippen molar-refractivity contribution in [2.45, 2.75) is 13.5 Å². The highest BCUT2D eigenvalue weighted by molar-refractivity contribution is 5.96. The third-order valence-electron chi connectivity index (χ3n) is 3.95. The predicted octanol–water partition coefficient (Wildman–Crippen LogP) is 2.41. The van der Waals surface area contributed by atoms with Crippen molar-refractivity contribution in [1.82, 2.24) is 9.38 Å². The maximum atomic E-state index is 12.3. The maximum Gasteiger partial charge on any atom is 0.340 e. The smallest absolute Gasteiger partial charge is 0.340 e. The number of aromatic nitrogens is 2. The molecule has 0 amide bonds. The first-order chi connectivity index (χ1) is 12.5. The minimum Gasteiger partial charge on any atom is -0.497 e. The summed E-state index contributed by atoms with van der Waals surface area (Å²) in [6.45, 7) is 2.20. The number of hydrogen-bond donors (Lipinski definition) is 1. The molecular weight excluding hydrogens is 334 g/mol. The number of methoxy groups -OCH3 is 2. The summed E-state index contributed by atoms with van der Waals surface area (Å²) in [5.74, 6) is 0.0711. The lowest BCUT2D eigenvalue weighted by atomic mass is 10.1. The Morgan fingerprint density at radius 3 is 2.73 bits per heavy atom. The second kappa shape index (κ2) is 7.26. The molecule has 0 aliphatic heterocycles. The molecule has 134 valence electrons. The van der Waals surface area contributed by atoms with Gasteiger partial charge in [0.25, 0.3) is 5.56 Å². The Labute approximate surface area is 150 Å². The quantitative estimate of drug-likeness (QED) is 0.710. The zero-order valence-corrected chi connectivity index (χ0v) is 14.8. The van der Waals surface area contributed by atoms with Crippen LogP contribution in [0.15, 0.2) is 47.4 Å². The van der Waals surface area contributed by atoms with E-state index in [4.69, 9.17) is 9.47 Å². The van der Waals surface area contributed by atoms with E-state index in [0.717, 1.165) is 5.56 Å². The molecule has 0 saturated carbocycles. The molecule has 7 heteroatoms. The fourth-order valence-electron chi connectivity index (χ4n) is 2.62. The number of benzene rings is 1. The number of carbonyl (C=O) groups is 1. The van der Waals surface area contributed by atoms with Crippen molar-refractivity contribution in [1.29, 1.82) is 0 Å². The summed E-state index contributed by atoms with van der Waals surface area (Å²) in [5, 5.41) is 3.13. The van der Waals surface area contributed by atoms with Gasteiger partial charge in [0.1, 0.15) is 11.4 Å². The van der Waals surface area contributed by atoms with Gasteiger partial charge in [0.15, 0.2) is 0 Å². The van der Waals surface area contributed by atoms with Crippen LogP contribution in [0.4, 0.5) is 5.69 Å². The van der Waals surface area contributed by atoms with Gasteiger partial charge in [0, 0.05) is 18.0 Å². The van der Waals surface area contributed by atoms with E-state index in [1.165, 1.54) is 24.7 Å². The maximum absolute atomic E-state index is 12.3. The van der Waals surface area contributed by atoms with Crippen molar-refractivity contribution in [2.75, 3.05) is 19.5 Å². The molecule has 7 nitrogen and oxygen atoms in total. The fourth-order valence-corrected chi connectivity index (χ4v) is 2.62. The molecule has 1 aromatic carbocycles. The van der Waals surface area contributed by atoms with E-state index in [-0.39, 0.29) is 12.1 Å². The number of ether oxygens (including phenoxy) is 2. The van der Waals surface area contributed by atoms with Gasteiger partial charge in [0.2, 0.25) is 0 Å². The van der Waals surface area contributed by atoms with Gasteiger partial charge in [0.05, 0.1) is 32.0 Å². The van der Waals surface area contributed by atoms with Crippen LogP contribution in [-0.2, 0) is 11.3 Å². The molecule has 0 aliphatic rings. The van der Waals surface area contributed by atoms with E-state index < -0.39 is 5.97 Å². The third kappa shape index (κ3) is 3.51. The minimum atomic E-state index is -0.478. The van der Waals surface area contributed by atoms with Crippen molar-refractivity contribution < 1.29 is 14.3 Å². The molecule has 0 atom stereocenters. The van der Waals surface area contributed by atoms with Crippen LogP contribution in [0, 0.1) is 6.92 Å². The average molecular weight is 353 g/mol. The lowest BCUT2D eigenvalue weighted by Gasteiger charge is -2.12. The zero-order chi connectivity index (χ0) is 18.7. The second-order valence-corrected chi connectivity index (χ2v) is 5.78. The Balaban J connectivity index is 1.89. The van der Waals surface area contributed by atoms with Crippen LogP contribution in [0.25, 0.3) is 5.65 Å². The van der Waals surface area contributed by atoms with Gasteiger partial charge in [-0.05, 0) is 36.8 Å². The van der Waals surface area contributed by atoms with E-state index in [0.29, 0.717) is 28.3 Å². The first-order valence-electron chi connectivity index (χ1n) is 8.01. The first kappa shape index (κ1) is 17.5. The normalized spacial score (nSPS) is 10.6. The Morgan fingerprint density at radius 1 is 1.19 bits per heavy atom. The van der Waals surface area contributed by atoms with Crippen molar-refractivity contribution in [3.05, 3.63) is 69.8 Å². The van der Waals surface area contributed by atoms with Gasteiger partial charge in [-0.1, -0.05) is 6.07 Å². The average Bonchev–Trinajstić information content (AvgIpc) is 2.66. The highest BCUT2D eigenvalue weighted by Gasteiger charge is 2.13. The van der Waals surface area contributed by atoms with Gasteiger partial charge in [-0.15, -0.1) is 0 Å². The number of nitrogens with one attached hydrogen (secondary N) is 1. The van der Waals surface area contributed by atoms with Crippen LogP contribution < -0.4 is 15.6 Å². The molecule has 2 heterocycles. The molecular formula is C19H19N3O4. The molecule has 0 saturated heterocycles. The molecule has 0 spiro atoms. The molecule has 3 rings (SSSR count). The Hall–Kier alpha value is -3.35. The van der Waals surface area contributed by atoms with Crippen LogP contribution in [0.5, 0.6) is 5.75 Å². The standard InChI is InChI=1S/C19H19N3O4/c1-12-4-7-17-21-13(8-18(23)22(17)11-12)10-20-16-6-5-14(25-2)9-15(16)19(24)26-3/h4-9,11,20H,10H2,1-3H3. The molecule has 0 radical (unpaired) electrons. The topological polar surface area (TPSA) is 81.9 Å².